The van der Waals surface area contributed by atoms with E-state index in [0.29, 0.717) is 24.5 Å². The molecule has 0 fully saturated rings. The Morgan fingerprint density at radius 2 is 2.00 bits per heavy atom. The second kappa shape index (κ2) is 7.75. The molecule has 2 rings (SSSR count). The highest BCUT2D eigenvalue weighted by atomic mass is 79.9. The molecular weight excluding hydrogens is 356 g/mol. The molecule has 0 aliphatic carbocycles. The molecule has 0 radical (unpaired) electrons. The highest BCUT2D eigenvalue weighted by Gasteiger charge is 2.06. The summed E-state index contributed by atoms with van der Waals surface area (Å²) in [7, 11) is 0. The van der Waals surface area contributed by atoms with Gasteiger partial charge in [0.15, 0.2) is 0 Å². The van der Waals surface area contributed by atoms with E-state index in [2.05, 4.69) is 31.5 Å². The van der Waals surface area contributed by atoms with Crippen LogP contribution in [0.3, 0.4) is 0 Å². The molecule has 23 heavy (non-hydrogen) atoms. The van der Waals surface area contributed by atoms with Gasteiger partial charge in [-0.15, -0.1) is 0 Å². The molecule has 1 heterocycles. The van der Waals surface area contributed by atoms with E-state index in [-0.39, 0.29) is 5.91 Å². The minimum absolute atomic E-state index is 0.0775. The van der Waals surface area contributed by atoms with Gasteiger partial charge in [-0.1, -0.05) is 28.1 Å². The molecule has 0 aliphatic rings. The van der Waals surface area contributed by atoms with E-state index in [4.69, 9.17) is 5.26 Å². The highest BCUT2D eigenvalue weighted by molar-refractivity contribution is 9.10. The molecule has 1 aromatic carbocycles. The maximum Gasteiger partial charge on any atom is 0.226 e. The lowest BCUT2D eigenvalue weighted by Gasteiger charge is -2.10. The van der Waals surface area contributed by atoms with Crippen molar-refractivity contribution < 1.29 is 4.79 Å². The molecule has 5 nitrogen and oxygen atoms in total. The predicted molar refractivity (Wildman–Crippen MR) is 94.3 cm³/mol. The fraction of sp³-hybridized carbons (Fsp3) is 0.235. The molecule has 0 aliphatic heterocycles. The summed E-state index contributed by atoms with van der Waals surface area (Å²) >= 11 is 3.39. The Hall–Kier alpha value is -2.39. The number of aromatic nitrogens is 1. The average molecular weight is 373 g/mol. The number of benzene rings is 1. The van der Waals surface area contributed by atoms with Gasteiger partial charge in [0, 0.05) is 23.1 Å². The van der Waals surface area contributed by atoms with Crippen molar-refractivity contribution in [3.8, 4) is 6.07 Å². The zero-order chi connectivity index (χ0) is 16.8. The Balaban J connectivity index is 1.88. The number of hydrogen-bond donors (Lipinski definition) is 2. The summed E-state index contributed by atoms with van der Waals surface area (Å²) in [6.45, 7) is 4.23. The van der Waals surface area contributed by atoms with Crippen LogP contribution in [-0.2, 0) is 4.79 Å². The normalized spacial score (nSPS) is 10.0. The zero-order valence-corrected chi connectivity index (χ0v) is 14.6. The number of nitrogens with one attached hydrogen (secondary N) is 2. The first-order valence-corrected chi connectivity index (χ1v) is 7.96. The Kier molecular flexibility index (Phi) is 5.72. The van der Waals surface area contributed by atoms with Gasteiger partial charge in [-0.2, -0.15) is 5.26 Å². The third-order valence-corrected chi connectivity index (χ3v) is 3.83. The van der Waals surface area contributed by atoms with E-state index in [1.165, 1.54) is 0 Å². The van der Waals surface area contributed by atoms with Crippen molar-refractivity contribution in [2.75, 3.05) is 17.2 Å². The standard InChI is InChI=1S/C17H17BrN4O/c1-11-3-5-13(18)9-14(11)22-17(23)7-8-20-16-6-4-12(2)15(10-19)21-16/h3-6,9H,7-8H2,1-2H3,(H,20,21)(H,22,23). The number of nitriles is 1. The highest BCUT2D eigenvalue weighted by Crippen LogP contribution is 2.20. The summed E-state index contributed by atoms with van der Waals surface area (Å²) in [5.41, 5.74) is 3.03. The quantitative estimate of drug-likeness (QED) is 0.836. The number of pyridine rings is 1. The van der Waals surface area contributed by atoms with Gasteiger partial charge < -0.3 is 10.6 Å². The number of aryl methyl sites for hydroxylation is 2. The SMILES string of the molecule is Cc1ccc(Br)cc1NC(=O)CCNc1ccc(C)c(C#N)n1. The van der Waals surface area contributed by atoms with Gasteiger partial charge in [-0.25, -0.2) is 4.98 Å². The third kappa shape index (κ3) is 4.80. The van der Waals surface area contributed by atoms with Crippen molar-refractivity contribution in [1.29, 1.82) is 5.26 Å². The van der Waals surface area contributed by atoms with Crippen LogP contribution in [0.2, 0.25) is 0 Å². The lowest BCUT2D eigenvalue weighted by atomic mass is 10.2. The second-order valence-electron chi connectivity index (χ2n) is 5.16. The van der Waals surface area contributed by atoms with Gasteiger partial charge in [0.05, 0.1) is 0 Å². The van der Waals surface area contributed by atoms with Gasteiger partial charge in [0.2, 0.25) is 5.91 Å². The molecule has 6 heteroatoms. The number of halogens is 1. The summed E-state index contributed by atoms with van der Waals surface area (Å²) < 4.78 is 0.921. The van der Waals surface area contributed by atoms with E-state index >= 15 is 0 Å². The van der Waals surface area contributed by atoms with Crippen LogP contribution in [0.5, 0.6) is 0 Å². The summed E-state index contributed by atoms with van der Waals surface area (Å²) in [6, 6.07) is 11.4. The molecule has 0 spiro atoms. The number of hydrogen-bond acceptors (Lipinski definition) is 4. The fourth-order valence-corrected chi connectivity index (χ4v) is 2.35. The summed E-state index contributed by atoms with van der Waals surface area (Å²) in [4.78, 5) is 16.2. The Labute approximate surface area is 143 Å². The number of anilines is 2. The predicted octanol–water partition coefficient (Wildman–Crippen LogP) is 3.77. The van der Waals surface area contributed by atoms with Crippen molar-refractivity contribution >= 4 is 33.3 Å². The van der Waals surface area contributed by atoms with Gasteiger partial charge in [0.1, 0.15) is 17.6 Å². The first kappa shape index (κ1) is 17.0. The van der Waals surface area contributed by atoms with Crippen LogP contribution in [0.4, 0.5) is 11.5 Å². The summed E-state index contributed by atoms with van der Waals surface area (Å²) in [6.07, 6.45) is 0.309. The van der Waals surface area contributed by atoms with Gasteiger partial charge in [0.25, 0.3) is 0 Å². The lowest BCUT2D eigenvalue weighted by molar-refractivity contribution is -0.115. The molecule has 0 saturated heterocycles. The molecule has 1 amide bonds. The van der Waals surface area contributed by atoms with Crippen molar-refractivity contribution in [3.63, 3.8) is 0 Å². The van der Waals surface area contributed by atoms with E-state index in [1.54, 1.807) is 6.07 Å². The van der Waals surface area contributed by atoms with Crippen molar-refractivity contribution in [3.05, 3.63) is 51.6 Å². The number of carbonyl (C=O) groups is 1. The van der Waals surface area contributed by atoms with E-state index in [9.17, 15) is 4.79 Å². The molecule has 0 atom stereocenters. The van der Waals surface area contributed by atoms with Crippen LogP contribution >= 0.6 is 15.9 Å². The minimum Gasteiger partial charge on any atom is -0.370 e. The fourth-order valence-electron chi connectivity index (χ4n) is 1.99. The van der Waals surface area contributed by atoms with Crippen LogP contribution in [0.25, 0.3) is 0 Å². The van der Waals surface area contributed by atoms with Gasteiger partial charge in [-0.3, -0.25) is 4.79 Å². The lowest BCUT2D eigenvalue weighted by Crippen LogP contribution is -2.17. The van der Waals surface area contributed by atoms with Crippen LogP contribution in [0, 0.1) is 25.2 Å². The van der Waals surface area contributed by atoms with Crippen LogP contribution in [-0.4, -0.2) is 17.4 Å². The van der Waals surface area contributed by atoms with Crippen molar-refractivity contribution in [2.45, 2.75) is 20.3 Å². The summed E-state index contributed by atoms with van der Waals surface area (Å²) in [5.74, 6) is 0.518. The Bertz CT molecular complexity index is 768. The molecule has 0 unspecified atom stereocenters. The smallest absolute Gasteiger partial charge is 0.226 e. The van der Waals surface area contributed by atoms with E-state index < -0.39 is 0 Å². The maximum atomic E-state index is 12.0. The number of carbonyl (C=O) groups excluding carboxylic acids is 1. The second-order valence-corrected chi connectivity index (χ2v) is 6.07. The van der Waals surface area contributed by atoms with Crippen LogP contribution < -0.4 is 10.6 Å². The first-order valence-electron chi connectivity index (χ1n) is 7.17. The van der Waals surface area contributed by atoms with Crippen molar-refractivity contribution in [1.82, 2.24) is 4.98 Å². The summed E-state index contributed by atoms with van der Waals surface area (Å²) in [5, 5.41) is 14.9. The molecule has 118 valence electrons. The molecule has 0 saturated carbocycles. The Morgan fingerprint density at radius 1 is 1.26 bits per heavy atom. The van der Waals surface area contributed by atoms with Gasteiger partial charge >= 0.3 is 0 Å². The minimum atomic E-state index is -0.0775. The van der Waals surface area contributed by atoms with Gasteiger partial charge in [-0.05, 0) is 43.2 Å². The monoisotopic (exact) mass is 372 g/mol. The van der Waals surface area contributed by atoms with E-state index in [1.807, 2.05) is 44.2 Å². The first-order chi connectivity index (χ1) is 11.0. The van der Waals surface area contributed by atoms with Crippen molar-refractivity contribution in [2.24, 2.45) is 0 Å². The Morgan fingerprint density at radius 3 is 2.74 bits per heavy atom. The molecule has 1 aromatic heterocycles. The molecule has 2 N–H and O–H groups in total. The number of rotatable bonds is 5. The molecule has 2 aromatic rings. The van der Waals surface area contributed by atoms with E-state index in [0.717, 1.165) is 21.3 Å². The maximum absolute atomic E-state index is 12.0. The number of amides is 1. The number of nitrogens with zero attached hydrogens (tertiary/aromatic N) is 2. The average Bonchev–Trinajstić information content (AvgIpc) is 2.52. The molecular formula is C17H17BrN4O. The van der Waals surface area contributed by atoms with Crippen LogP contribution in [0.15, 0.2) is 34.8 Å². The largest absolute Gasteiger partial charge is 0.370 e. The zero-order valence-electron chi connectivity index (χ0n) is 13.0. The van der Waals surface area contributed by atoms with Crippen LogP contribution in [0.1, 0.15) is 23.2 Å². The topological polar surface area (TPSA) is 77.8 Å². The molecule has 0 bridgehead atoms. The third-order valence-electron chi connectivity index (χ3n) is 3.33.